The maximum Gasteiger partial charge on any atom is 0.113 e. The van der Waals surface area contributed by atoms with Gasteiger partial charge in [0.05, 0.1) is 12.0 Å². The SMILES string of the molecule is Brc1cnccc1SCc1ccco1. The molecule has 0 bridgehead atoms. The van der Waals surface area contributed by atoms with Crippen molar-refractivity contribution in [1.82, 2.24) is 4.98 Å². The Labute approximate surface area is 94.9 Å². The first-order chi connectivity index (χ1) is 6.86. The summed E-state index contributed by atoms with van der Waals surface area (Å²) in [5.41, 5.74) is 0. The van der Waals surface area contributed by atoms with Gasteiger partial charge < -0.3 is 4.42 Å². The number of aromatic nitrogens is 1. The highest BCUT2D eigenvalue weighted by Gasteiger charge is 2.01. The fourth-order valence-corrected chi connectivity index (χ4v) is 2.43. The molecule has 4 heteroatoms. The second kappa shape index (κ2) is 4.66. The Balaban J connectivity index is 2.02. The number of halogens is 1. The van der Waals surface area contributed by atoms with Crippen LogP contribution in [0.5, 0.6) is 0 Å². The van der Waals surface area contributed by atoms with Gasteiger partial charge >= 0.3 is 0 Å². The third-order valence-electron chi connectivity index (χ3n) is 1.69. The van der Waals surface area contributed by atoms with E-state index in [0.29, 0.717) is 0 Å². The van der Waals surface area contributed by atoms with Gasteiger partial charge in [-0.15, -0.1) is 11.8 Å². The van der Waals surface area contributed by atoms with Crippen LogP contribution in [0.3, 0.4) is 0 Å². The van der Waals surface area contributed by atoms with E-state index in [4.69, 9.17) is 4.42 Å². The first kappa shape index (κ1) is 9.80. The van der Waals surface area contributed by atoms with Crippen LogP contribution >= 0.6 is 27.7 Å². The summed E-state index contributed by atoms with van der Waals surface area (Å²) in [7, 11) is 0. The van der Waals surface area contributed by atoms with Crippen LogP contribution in [0.1, 0.15) is 5.76 Å². The van der Waals surface area contributed by atoms with Crippen molar-refractivity contribution >= 4 is 27.7 Å². The zero-order valence-corrected chi connectivity index (χ0v) is 9.72. The maximum absolute atomic E-state index is 5.24. The smallest absolute Gasteiger partial charge is 0.113 e. The number of pyridine rings is 1. The Morgan fingerprint density at radius 3 is 3.07 bits per heavy atom. The average Bonchev–Trinajstić information content (AvgIpc) is 2.69. The van der Waals surface area contributed by atoms with E-state index >= 15 is 0 Å². The lowest BCUT2D eigenvalue weighted by molar-refractivity contribution is 0.530. The van der Waals surface area contributed by atoms with Crippen LogP contribution in [0.25, 0.3) is 0 Å². The maximum atomic E-state index is 5.24. The molecule has 2 aromatic rings. The zero-order valence-electron chi connectivity index (χ0n) is 7.31. The molecule has 2 heterocycles. The van der Waals surface area contributed by atoms with E-state index in [0.717, 1.165) is 16.0 Å². The minimum absolute atomic E-state index is 0.843. The van der Waals surface area contributed by atoms with Crippen molar-refractivity contribution in [1.29, 1.82) is 0 Å². The van der Waals surface area contributed by atoms with E-state index < -0.39 is 0 Å². The van der Waals surface area contributed by atoms with Crippen molar-refractivity contribution in [2.45, 2.75) is 10.6 Å². The van der Waals surface area contributed by atoms with Crippen LogP contribution < -0.4 is 0 Å². The molecule has 0 aliphatic heterocycles. The van der Waals surface area contributed by atoms with E-state index in [-0.39, 0.29) is 0 Å². The number of thioether (sulfide) groups is 1. The lowest BCUT2D eigenvalue weighted by atomic mass is 10.5. The molecule has 0 N–H and O–H groups in total. The summed E-state index contributed by atoms with van der Waals surface area (Å²) in [6.07, 6.45) is 5.27. The second-order valence-corrected chi connectivity index (χ2v) is 4.55. The number of rotatable bonds is 3. The van der Waals surface area contributed by atoms with Gasteiger partial charge in [-0.2, -0.15) is 0 Å². The van der Waals surface area contributed by atoms with Gasteiger partial charge in [0, 0.05) is 21.8 Å². The monoisotopic (exact) mass is 269 g/mol. The number of hydrogen-bond acceptors (Lipinski definition) is 3. The summed E-state index contributed by atoms with van der Waals surface area (Å²) in [4.78, 5) is 5.18. The van der Waals surface area contributed by atoms with Crippen molar-refractivity contribution < 1.29 is 4.42 Å². The molecule has 72 valence electrons. The van der Waals surface area contributed by atoms with Crippen LogP contribution in [-0.4, -0.2) is 4.98 Å². The lowest BCUT2D eigenvalue weighted by Gasteiger charge is -2.00. The fraction of sp³-hybridized carbons (Fsp3) is 0.100. The van der Waals surface area contributed by atoms with Crippen LogP contribution in [0.4, 0.5) is 0 Å². The molecule has 0 aliphatic carbocycles. The average molecular weight is 270 g/mol. The standard InChI is InChI=1S/C10H8BrNOS/c11-9-6-12-4-3-10(9)14-7-8-2-1-5-13-8/h1-6H,7H2. The molecule has 2 nitrogen and oxygen atoms in total. The van der Waals surface area contributed by atoms with Crippen molar-refractivity contribution in [3.8, 4) is 0 Å². The third kappa shape index (κ3) is 2.39. The molecule has 0 radical (unpaired) electrons. The van der Waals surface area contributed by atoms with Gasteiger partial charge in [-0.25, -0.2) is 0 Å². The van der Waals surface area contributed by atoms with Crippen LogP contribution in [0.15, 0.2) is 50.6 Å². The quantitative estimate of drug-likeness (QED) is 0.795. The molecule has 0 fully saturated rings. The third-order valence-corrected chi connectivity index (χ3v) is 3.68. The Morgan fingerprint density at radius 1 is 1.43 bits per heavy atom. The second-order valence-electron chi connectivity index (χ2n) is 2.67. The Kier molecular flexibility index (Phi) is 3.26. The highest BCUT2D eigenvalue weighted by Crippen LogP contribution is 2.28. The highest BCUT2D eigenvalue weighted by atomic mass is 79.9. The molecule has 0 saturated heterocycles. The van der Waals surface area contributed by atoms with Crippen molar-refractivity contribution in [3.05, 3.63) is 47.1 Å². The van der Waals surface area contributed by atoms with E-state index in [1.54, 1.807) is 30.4 Å². The number of furan rings is 1. The molecule has 0 unspecified atom stereocenters. The van der Waals surface area contributed by atoms with Gasteiger partial charge in [0.2, 0.25) is 0 Å². The summed E-state index contributed by atoms with van der Waals surface area (Å²) in [5, 5.41) is 0. The first-order valence-electron chi connectivity index (χ1n) is 4.11. The lowest BCUT2D eigenvalue weighted by Crippen LogP contribution is -1.79. The molecule has 0 atom stereocenters. The van der Waals surface area contributed by atoms with Gasteiger partial charge in [-0.1, -0.05) is 0 Å². The van der Waals surface area contributed by atoms with Gasteiger partial charge in [0.25, 0.3) is 0 Å². The number of hydrogen-bond donors (Lipinski definition) is 0. The molecule has 0 aliphatic rings. The molecule has 2 aromatic heterocycles. The summed E-state index contributed by atoms with van der Waals surface area (Å²) in [6.45, 7) is 0. The molecule has 14 heavy (non-hydrogen) atoms. The largest absolute Gasteiger partial charge is 0.468 e. The van der Waals surface area contributed by atoms with E-state index in [1.807, 2.05) is 18.2 Å². The molecule has 2 rings (SSSR count). The molecule has 0 aromatic carbocycles. The van der Waals surface area contributed by atoms with Crippen LogP contribution in [0.2, 0.25) is 0 Å². The minimum atomic E-state index is 0.843. The Hall–Kier alpha value is -0.740. The highest BCUT2D eigenvalue weighted by molar-refractivity contribution is 9.10. The molecule has 0 saturated carbocycles. The van der Waals surface area contributed by atoms with Crippen molar-refractivity contribution in [2.75, 3.05) is 0 Å². The minimum Gasteiger partial charge on any atom is -0.468 e. The van der Waals surface area contributed by atoms with Gasteiger partial charge in [-0.05, 0) is 34.1 Å². The fourth-order valence-electron chi connectivity index (χ4n) is 1.02. The predicted molar refractivity (Wildman–Crippen MR) is 60.2 cm³/mol. The van der Waals surface area contributed by atoms with E-state index in [9.17, 15) is 0 Å². The van der Waals surface area contributed by atoms with Gasteiger partial charge in [0.1, 0.15) is 5.76 Å². The molecular formula is C10H8BrNOS. The number of nitrogens with zero attached hydrogens (tertiary/aromatic N) is 1. The van der Waals surface area contributed by atoms with Gasteiger partial charge in [0.15, 0.2) is 0 Å². The zero-order chi connectivity index (χ0) is 9.80. The normalized spacial score (nSPS) is 10.4. The molecule has 0 spiro atoms. The van der Waals surface area contributed by atoms with E-state index in [2.05, 4.69) is 20.9 Å². The summed E-state index contributed by atoms with van der Waals surface area (Å²) in [6, 6.07) is 5.86. The summed E-state index contributed by atoms with van der Waals surface area (Å²) < 4.78 is 6.27. The van der Waals surface area contributed by atoms with Gasteiger partial charge in [-0.3, -0.25) is 4.98 Å². The van der Waals surface area contributed by atoms with Crippen molar-refractivity contribution in [3.63, 3.8) is 0 Å². The Bertz CT molecular complexity index is 402. The van der Waals surface area contributed by atoms with Crippen LogP contribution in [-0.2, 0) is 5.75 Å². The summed E-state index contributed by atoms with van der Waals surface area (Å²) in [5.74, 6) is 1.83. The topological polar surface area (TPSA) is 26.0 Å². The predicted octanol–water partition coefficient (Wildman–Crippen LogP) is 3.73. The van der Waals surface area contributed by atoms with Crippen molar-refractivity contribution in [2.24, 2.45) is 0 Å². The Morgan fingerprint density at radius 2 is 2.36 bits per heavy atom. The van der Waals surface area contributed by atoms with Crippen LogP contribution in [0, 0.1) is 0 Å². The first-order valence-corrected chi connectivity index (χ1v) is 5.89. The van der Waals surface area contributed by atoms with E-state index in [1.165, 1.54) is 4.90 Å². The molecular weight excluding hydrogens is 262 g/mol. The summed E-state index contributed by atoms with van der Waals surface area (Å²) >= 11 is 5.17. The molecule has 0 amide bonds.